The van der Waals surface area contributed by atoms with Gasteiger partial charge in [-0.2, -0.15) is 0 Å². The van der Waals surface area contributed by atoms with E-state index in [1.165, 1.54) is 0 Å². The van der Waals surface area contributed by atoms with E-state index in [4.69, 9.17) is 4.74 Å². The van der Waals surface area contributed by atoms with Crippen LogP contribution in [0.4, 0.5) is 0 Å². The Morgan fingerprint density at radius 2 is 1.76 bits per heavy atom. The van der Waals surface area contributed by atoms with Gasteiger partial charge in [0.25, 0.3) is 0 Å². The third kappa shape index (κ3) is 4.59. The maximum Gasteiger partial charge on any atom is 0.239 e. The van der Waals surface area contributed by atoms with Gasteiger partial charge in [0.15, 0.2) is 0 Å². The molecule has 1 aliphatic rings. The summed E-state index contributed by atoms with van der Waals surface area (Å²) in [5.74, 6) is 0.753. The molecular weight excluding hydrogens is 316 g/mol. The summed E-state index contributed by atoms with van der Waals surface area (Å²) in [6.07, 6.45) is 0.823. The lowest BCUT2D eigenvalue weighted by atomic mass is 10.1. The molecule has 0 aliphatic heterocycles. The first-order valence-electron chi connectivity index (χ1n) is 8.39. The van der Waals surface area contributed by atoms with E-state index < -0.39 is 0 Å². The fraction of sp³-hybridized carbons (Fsp3) is 0.300. The molecule has 2 aromatic rings. The van der Waals surface area contributed by atoms with Gasteiger partial charge in [0.1, 0.15) is 5.75 Å². The van der Waals surface area contributed by atoms with Crippen LogP contribution in [-0.2, 0) is 16.1 Å². The lowest BCUT2D eigenvalue weighted by molar-refractivity contribution is -0.126. The van der Waals surface area contributed by atoms with Crippen LogP contribution in [0.5, 0.6) is 5.75 Å². The van der Waals surface area contributed by atoms with Crippen molar-refractivity contribution in [2.24, 2.45) is 5.92 Å². The summed E-state index contributed by atoms with van der Waals surface area (Å²) >= 11 is 0. The molecule has 2 N–H and O–H groups in total. The fourth-order valence-electron chi connectivity index (χ4n) is 2.86. The SMILES string of the molecule is COc1ccc([C@@H]2C[C@@H]2C(=O)NCC(=O)NCc2ccccc2)cc1. The van der Waals surface area contributed by atoms with Crippen LogP contribution in [0.2, 0.25) is 0 Å². The largest absolute Gasteiger partial charge is 0.497 e. The standard InChI is InChI=1S/C20H22N2O3/c1-25-16-9-7-15(8-10-16)17-11-18(17)20(24)22-13-19(23)21-12-14-5-3-2-4-6-14/h2-10,17-18H,11-13H2,1H3,(H,21,23)(H,22,24)/t17-,18-/m0/s1. The Bertz CT molecular complexity index is 728. The lowest BCUT2D eigenvalue weighted by Gasteiger charge is -2.07. The quantitative estimate of drug-likeness (QED) is 0.813. The first kappa shape index (κ1) is 17.0. The molecule has 5 nitrogen and oxygen atoms in total. The highest BCUT2D eigenvalue weighted by molar-refractivity contribution is 5.87. The number of carbonyl (C=O) groups excluding carboxylic acids is 2. The normalized spacial score (nSPS) is 18.3. The highest BCUT2D eigenvalue weighted by Gasteiger charge is 2.43. The lowest BCUT2D eigenvalue weighted by Crippen LogP contribution is -2.37. The molecule has 0 radical (unpaired) electrons. The van der Waals surface area contributed by atoms with Gasteiger partial charge in [-0.1, -0.05) is 42.5 Å². The monoisotopic (exact) mass is 338 g/mol. The summed E-state index contributed by atoms with van der Waals surface area (Å²) in [6.45, 7) is 0.477. The van der Waals surface area contributed by atoms with Crippen molar-refractivity contribution in [2.45, 2.75) is 18.9 Å². The number of ether oxygens (including phenoxy) is 1. The Morgan fingerprint density at radius 1 is 1.04 bits per heavy atom. The zero-order chi connectivity index (χ0) is 17.6. The van der Waals surface area contributed by atoms with Crippen LogP contribution in [0.15, 0.2) is 54.6 Å². The molecule has 130 valence electrons. The topological polar surface area (TPSA) is 67.4 Å². The van der Waals surface area contributed by atoms with E-state index in [2.05, 4.69) is 10.6 Å². The predicted molar refractivity (Wildman–Crippen MR) is 95.1 cm³/mol. The zero-order valence-electron chi connectivity index (χ0n) is 14.2. The average Bonchev–Trinajstić information content (AvgIpc) is 3.46. The summed E-state index contributed by atoms with van der Waals surface area (Å²) in [5, 5.41) is 5.53. The van der Waals surface area contributed by atoms with Crippen molar-refractivity contribution in [1.82, 2.24) is 10.6 Å². The van der Waals surface area contributed by atoms with E-state index >= 15 is 0 Å². The van der Waals surface area contributed by atoms with E-state index in [1.807, 2.05) is 54.6 Å². The molecule has 0 bridgehead atoms. The third-order valence-electron chi connectivity index (χ3n) is 4.43. The summed E-state index contributed by atoms with van der Waals surface area (Å²) in [4.78, 5) is 24.0. The van der Waals surface area contributed by atoms with Crippen molar-refractivity contribution in [2.75, 3.05) is 13.7 Å². The number of hydrogen-bond acceptors (Lipinski definition) is 3. The van der Waals surface area contributed by atoms with Crippen molar-refractivity contribution in [3.05, 3.63) is 65.7 Å². The van der Waals surface area contributed by atoms with Crippen molar-refractivity contribution >= 4 is 11.8 Å². The van der Waals surface area contributed by atoms with Gasteiger partial charge in [-0.3, -0.25) is 9.59 Å². The van der Waals surface area contributed by atoms with Gasteiger partial charge >= 0.3 is 0 Å². The molecule has 0 spiro atoms. The van der Waals surface area contributed by atoms with Crippen LogP contribution < -0.4 is 15.4 Å². The number of benzene rings is 2. The molecule has 0 heterocycles. The molecular formula is C20H22N2O3. The average molecular weight is 338 g/mol. The van der Waals surface area contributed by atoms with Crippen molar-refractivity contribution < 1.29 is 14.3 Å². The van der Waals surface area contributed by atoms with E-state index in [0.29, 0.717) is 6.54 Å². The van der Waals surface area contributed by atoms with E-state index in [1.54, 1.807) is 7.11 Å². The van der Waals surface area contributed by atoms with Crippen molar-refractivity contribution in [1.29, 1.82) is 0 Å². The predicted octanol–water partition coefficient (Wildman–Crippen LogP) is 2.23. The molecule has 5 heteroatoms. The minimum Gasteiger partial charge on any atom is -0.497 e. The van der Waals surface area contributed by atoms with Crippen LogP contribution >= 0.6 is 0 Å². The number of methoxy groups -OCH3 is 1. The third-order valence-corrected chi connectivity index (χ3v) is 4.43. The number of nitrogens with one attached hydrogen (secondary N) is 2. The van der Waals surface area contributed by atoms with Crippen LogP contribution in [0, 0.1) is 5.92 Å². The molecule has 0 saturated heterocycles. The Morgan fingerprint density at radius 3 is 2.44 bits per heavy atom. The molecule has 0 unspecified atom stereocenters. The number of hydrogen-bond donors (Lipinski definition) is 2. The molecule has 25 heavy (non-hydrogen) atoms. The smallest absolute Gasteiger partial charge is 0.239 e. The van der Waals surface area contributed by atoms with Crippen LogP contribution in [-0.4, -0.2) is 25.5 Å². The fourth-order valence-corrected chi connectivity index (χ4v) is 2.86. The maximum atomic E-state index is 12.2. The minimum atomic E-state index is -0.182. The Balaban J connectivity index is 1.40. The highest BCUT2D eigenvalue weighted by Crippen LogP contribution is 2.47. The van der Waals surface area contributed by atoms with Crippen LogP contribution in [0.25, 0.3) is 0 Å². The Hall–Kier alpha value is -2.82. The summed E-state index contributed by atoms with van der Waals surface area (Å²) in [5.41, 5.74) is 2.17. The van der Waals surface area contributed by atoms with Crippen LogP contribution in [0.1, 0.15) is 23.5 Å². The second kappa shape index (κ2) is 7.83. The van der Waals surface area contributed by atoms with Crippen molar-refractivity contribution in [3.63, 3.8) is 0 Å². The second-order valence-electron chi connectivity index (χ2n) is 6.20. The van der Waals surface area contributed by atoms with Crippen LogP contribution in [0.3, 0.4) is 0 Å². The Kier molecular flexibility index (Phi) is 5.33. The van der Waals surface area contributed by atoms with Gasteiger partial charge in [0.2, 0.25) is 11.8 Å². The van der Waals surface area contributed by atoms with Gasteiger partial charge in [-0.05, 0) is 35.6 Å². The number of carbonyl (C=O) groups is 2. The summed E-state index contributed by atoms with van der Waals surface area (Å²) < 4.78 is 5.14. The number of rotatable bonds is 7. The zero-order valence-corrected chi connectivity index (χ0v) is 14.2. The molecule has 2 atom stereocenters. The number of amides is 2. The maximum absolute atomic E-state index is 12.2. The molecule has 3 rings (SSSR count). The van der Waals surface area contributed by atoms with Gasteiger partial charge in [-0.25, -0.2) is 0 Å². The van der Waals surface area contributed by atoms with Gasteiger partial charge in [0, 0.05) is 12.5 Å². The summed E-state index contributed by atoms with van der Waals surface area (Å²) in [6, 6.07) is 17.5. The van der Waals surface area contributed by atoms with E-state index in [-0.39, 0.29) is 30.2 Å². The molecule has 2 aromatic carbocycles. The first-order chi connectivity index (χ1) is 12.2. The molecule has 1 aliphatic carbocycles. The van der Waals surface area contributed by atoms with Gasteiger partial charge < -0.3 is 15.4 Å². The summed E-state index contributed by atoms with van der Waals surface area (Å²) in [7, 11) is 1.63. The highest BCUT2D eigenvalue weighted by atomic mass is 16.5. The van der Waals surface area contributed by atoms with E-state index in [9.17, 15) is 9.59 Å². The van der Waals surface area contributed by atoms with Gasteiger partial charge in [-0.15, -0.1) is 0 Å². The van der Waals surface area contributed by atoms with Gasteiger partial charge in [0.05, 0.1) is 13.7 Å². The minimum absolute atomic E-state index is 0.0114. The Labute approximate surface area is 147 Å². The van der Waals surface area contributed by atoms with E-state index in [0.717, 1.165) is 23.3 Å². The first-order valence-corrected chi connectivity index (χ1v) is 8.39. The molecule has 2 amide bonds. The van der Waals surface area contributed by atoms with Crippen molar-refractivity contribution in [3.8, 4) is 5.75 Å². The second-order valence-corrected chi connectivity index (χ2v) is 6.20. The molecule has 1 fully saturated rings. The molecule has 0 aromatic heterocycles. The molecule has 1 saturated carbocycles.